The fraction of sp³-hybridized carbons (Fsp3) is 0.158. The van der Waals surface area contributed by atoms with Crippen LogP contribution < -0.4 is 11.1 Å². The molecule has 0 radical (unpaired) electrons. The first-order chi connectivity index (χ1) is 11.3. The van der Waals surface area contributed by atoms with Gasteiger partial charge in [-0.2, -0.15) is 0 Å². The number of nitrogens with one attached hydrogen (secondary N) is 1. The van der Waals surface area contributed by atoms with Crippen LogP contribution in [0.25, 0.3) is 10.8 Å². The van der Waals surface area contributed by atoms with E-state index in [9.17, 15) is 4.79 Å². The molecule has 4 nitrogen and oxygen atoms in total. The minimum Gasteiger partial charge on any atom is -0.330 e. The first-order valence-corrected chi connectivity index (χ1v) is 7.67. The average molecular weight is 305 g/mol. The molecule has 0 bridgehead atoms. The highest BCUT2D eigenvalue weighted by Gasteiger charge is 2.19. The van der Waals surface area contributed by atoms with E-state index in [2.05, 4.69) is 10.3 Å². The molecule has 1 amide bonds. The lowest BCUT2D eigenvalue weighted by Crippen LogP contribution is -2.23. The first kappa shape index (κ1) is 15.2. The topological polar surface area (TPSA) is 68.0 Å². The molecule has 3 aromatic rings. The van der Waals surface area contributed by atoms with E-state index in [-0.39, 0.29) is 11.8 Å². The Labute approximate surface area is 135 Å². The Kier molecular flexibility index (Phi) is 4.64. The van der Waals surface area contributed by atoms with Crippen molar-refractivity contribution in [2.45, 2.75) is 12.3 Å². The number of hydrogen-bond acceptors (Lipinski definition) is 3. The van der Waals surface area contributed by atoms with Gasteiger partial charge in [-0.15, -0.1) is 0 Å². The molecule has 0 unspecified atom stereocenters. The van der Waals surface area contributed by atoms with E-state index in [0.29, 0.717) is 13.0 Å². The smallest absolute Gasteiger partial charge is 0.231 e. The van der Waals surface area contributed by atoms with Crippen LogP contribution in [0.15, 0.2) is 67.0 Å². The zero-order chi connectivity index (χ0) is 16.1. The zero-order valence-corrected chi connectivity index (χ0v) is 12.8. The molecule has 1 aromatic heterocycles. The molecule has 0 aliphatic carbocycles. The molecule has 116 valence electrons. The van der Waals surface area contributed by atoms with Gasteiger partial charge < -0.3 is 11.1 Å². The van der Waals surface area contributed by atoms with Gasteiger partial charge in [-0.1, -0.05) is 36.4 Å². The number of nitrogens with zero attached hydrogens (tertiary/aromatic N) is 1. The van der Waals surface area contributed by atoms with Crippen molar-refractivity contribution in [3.8, 4) is 0 Å². The van der Waals surface area contributed by atoms with E-state index in [0.717, 1.165) is 22.0 Å². The molecule has 0 saturated heterocycles. The van der Waals surface area contributed by atoms with Crippen molar-refractivity contribution < 1.29 is 4.79 Å². The molecule has 1 atom stereocenters. The van der Waals surface area contributed by atoms with Gasteiger partial charge in [0, 0.05) is 23.5 Å². The molecule has 0 aliphatic rings. The average Bonchev–Trinajstić information content (AvgIpc) is 2.60. The highest BCUT2D eigenvalue weighted by molar-refractivity contribution is 5.97. The number of anilines is 1. The summed E-state index contributed by atoms with van der Waals surface area (Å²) in [6.45, 7) is 0.469. The summed E-state index contributed by atoms with van der Waals surface area (Å²) < 4.78 is 0. The van der Waals surface area contributed by atoms with Crippen molar-refractivity contribution in [1.82, 2.24) is 4.98 Å². The Balaban J connectivity index is 1.82. The second-order valence-corrected chi connectivity index (χ2v) is 5.47. The minimum atomic E-state index is -0.241. The summed E-state index contributed by atoms with van der Waals surface area (Å²) in [5.41, 5.74) is 7.46. The van der Waals surface area contributed by atoms with E-state index in [1.807, 2.05) is 60.8 Å². The van der Waals surface area contributed by atoms with Crippen LogP contribution in [0.2, 0.25) is 0 Å². The quantitative estimate of drug-likeness (QED) is 0.760. The lowest BCUT2D eigenvalue weighted by Gasteiger charge is -2.16. The number of hydrogen-bond donors (Lipinski definition) is 2. The first-order valence-electron chi connectivity index (χ1n) is 7.67. The zero-order valence-electron chi connectivity index (χ0n) is 12.8. The van der Waals surface area contributed by atoms with Gasteiger partial charge in [-0.3, -0.25) is 9.78 Å². The molecule has 3 rings (SSSR count). The molecule has 23 heavy (non-hydrogen) atoms. The summed E-state index contributed by atoms with van der Waals surface area (Å²) in [6, 6.07) is 17.5. The molecule has 0 saturated carbocycles. The number of fused-ring (bicyclic) bond motifs is 1. The SMILES string of the molecule is NCC[C@@H](C(=O)Nc1ccc2cnccc2c1)c1ccccc1. The predicted molar refractivity (Wildman–Crippen MR) is 93.2 cm³/mol. The molecule has 3 N–H and O–H groups in total. The number of aromatic nitrogens is 1. The van der Waals surface area contributed by atoms with E-state index in [1.54, 1.807) is 6.20 Å². The van der Waals surface area contributed by atoms with Crippen LogP contribution in [0, 0.1) is 0 Å². The predicted octanol–water partition coefficient (Wildman–Crippen LogP) is 3.31. The van der Waals surface area contributed by atoms with E-state index < -0.39 is 0 Å². The van der Waals surface area contributed by atoms with Crippen molar-refractivity contribution in [1.29, 1.82) is 0 Å². The number of benzene rings is 2. The molecule has 1 heterocycles. The van der Waals surface area contributed by atoms with Gasteiger partial charge >= 0.3 is 0 Å². The Morgan fingerprint density at radius 1 is 1.09 bits per heavy atom. The highest BCUT2D eigenvalue weighted by atomic mass is 16.1. The second-order valence-electron chi connectivity index (χ2n) is 5.47. The van der Waals surface area contributed by atoms with E-state index >= 15 is 0 Å². The maximum Gasteiger partial charge on any atom is 0.231 e. The summed E-state index contributed by atoms with van der Waals surface area (Å²) in [7, 11) is 0. The number of nitrogens with two attached hydrogens (primary N) is 1. The standard InChI is InChI=1S/C19H19N3O/c20-10-8-18(14-4-2-1-3-5-14)19(23)22-17-7-6-16-13-21-11-9-15(16)12-17/h1-7,9,11-13,18H,8,10,20H2,(H,22,23)/t18-/m1/s1. The van der Waals surface area contributed by atoms with Crippen LogP contribution in [0.5, 0.6) is 0 Å². The number of carbonyl (C=O) groups excluding carboxylic acids is 1. The van der Waals surface area contributed by atoms with Crippen LogP contribution in [0.4, 0.5) is 5.69 Å². The third kappa shape index (κ3) is 3.55. The summed E-state index contributed by atoms with van der Waals surface area (Å²) in [4.78, 5) is 16.8. The van der Waals surface area contributed by atoms with Gasteiger partial charge in [0.05, 0.1) is 5.92 Å². The van der Waals surface area contributed by atoms with Crippen LogP contribution in [0.3, 0.4) is 0 Å². The largest absolute Gasteiger partial charge is 0.330 e. The summed E-state index contributed by atoms with van der Waals surface area (Å²) >= 11 is 0. The second kappa shape index (κ2) is 7.03. The Morgan fingerprint density at radius 3 is 2.70 bits per heavy atom. The van der Waals surface area contributed by atoms with Crippen LogP contribution in [-0.2, 0) is 4.79 Å². The van der Waals surface area contributed by atoms with Crippen molar-refractivity contribution in [2.24, 2.45) is 5.73 Å². The monoisotopic (exact) mass is 305 g/mol. The maximum absolute atomic E-state index is 12.7. The lowest BCUT2D eigenvalue weighted by molar-refractivity contribution is -0.117. The van der Waals surface area contributed by atoms with Crippen molar-refractivity contribution >= 4 is 22.4 Å². The Hall–Kier alpha value is -2.72. The van der Waals surface area contributed by atoms with E-state index in [4.69, 9.17) is 5.73 Å². The van der Waals surface area contributed by atoms with E-state index in [1.165, 1.54) is 0 Å². The van der Waals surface area contributed by atoms with Gasteiger partial charge in [0.15, 0.2) is 0 Å². The van der Waals surface area contributed by atoms with Crippen LogP contribution in [0.1, 0.15) is 17.9 Å². The van der Waals surface area contributed by atoms with Gasteiger partial charge in [-0.25, -0.2) is 0 Å². The molecule has 0 spiro atoms. The summed E-state index contributed by atoms with van der Waals surface area (Å²) in [5.74, 6) is -0.274. The number of rotatable bonds is 5. The fourth-order valence-corrected chi connectivity index (χ4v) is 2.69. The van der Waals surface area contributed by atoms with Crippen molar-refractivity contribution in [2.75, 3.05) is 11.9 Å². The minimum absolute atomic E-state index is 0.0324. The lowest BCUT2D eigenvalue weighted by atomic mass is 9.94. The van der Waals surface area contributed by atoms with Gasteiger partial charge in [-0.05, 0) is 42.1 Å². The van der Waals surface area contributed by atoms with Crippen molar-refractivity contribution in [3.63, 3.8) is 0 Å². The maximum atomic E-state index is 12.7. The number of carbonyl (C=O) groups is 1. The molecule has 0 fully saturated rings. The van der Waals surface area contributed by atoms with Gasteiger partial charge in [0.1, 0.15) is 0 Å². The van der Waals surface area contributed by atoms with Crippen LogP contribution >= 0.6 is 0 Å². The normalized spacial score (nSPS) is 12.0. The highest BCUT2D eigenvalue weighted by Crippen LogP contribution is 2.23. The number of amides is 1. The van der Waals surface area contributed by atoms with Gasteiger partial charge in [0.2, 0.25) is 5.91 Å². The molecule has 0 aliphatic heterocycles. The molecule has 4 heteroatoms. The summed E-state index contributed by atoms with van der Waals surface area (Å²) in [6.07, 6.45) is 4.17. The molecular formula is C19H19N3O. The Bertz CT molecular complexity index is 802. The molecule has 2 aromatic carbocycles. The number of pyridine rings is 1. The van der Waals surface area contributed by atoms with Gasteiger partial charge in [0.25, 0.3) is 0 Å². The Morgan fingerprint density at radius 2 is 1.91 bits per heavy atom. The fourth-order valence-electron chi connectivity index (χ4n) is 2.69. The summed E-state index contributed by atoms with van der Waals surface area (Å²) in [5, 5.41) is 5.10. The third-order valence-corrected chi connectivity index (χ3v) is 3.88. The van der Waals surface area contributed by atoms with Crippen LogP contribution in [-0.4, -0.2) is 17.4 Å². The third-order valence-electron chi connectivity index (χ3n) is 3.88. The molecular weight excluding hydrogens is 286 g/mol. The van der Waals surface area contributed by atoms with Crippen molar-refractivity contribution in [3.05, 3.63) is 72.6 Å².